The van der Waals surface area contributed by atoms with Crippen molar-refractivity contribution in [2.75, 3.05) is 18.9 Å². The van der Waals surface area contributed by atoms with Gasteiger partial charge in [0.1, 0.15) is 0 Å². The molecule has 1 aliphatic carbocycles. The van der Waals surface area contributed by atoms with Crippen LogP contribution >= 0.6 is 11.6 Å². The van der Waals surface area contributed by atoms with Gasteiger partial charge in [0.05, 0.1) is 10.6 Å². The number of hydrogen-bond acceptors (Lipinski definition) is 2. The molecule has 2 fully saturated rings. The number of nitrogens with zero attached hydrogens (tertiary/aromatic N) is 1. The minimum Gasteiger partial charge on any atom is -0.388 e. The summed E-state index contributed by atoms with van der Waals surface area (Å²) in [5.41, 5.74) is 1.58. The predicted molar refractivity (Wildman–Crippen MR) is 87.0 cm³/mol. The van der Waals surface area contributed by atoms with E-state index in [1.807, 2.05) is 25.2 Å². The zero-order valence-corrected chi connectivity index (χ0v) is 13.3. The van der Waals surface area contributed by atoms with Crippen LogP contribution in [-0.4, -0.2) is 30.4 Å². The maximum Gasteiger partial charge on any atom is 0.255 e. The molecular weight excluding hydrogens is 284 g/mol. The average Bonchev–Trinajstić information content (AvgIpc) is 2.53. The van der Waals surface area contributed by atoms with Gasteiger partial charge in [0, 0.05) is 25.3 Å². The molecule has 1 aromatic carbocycles. The zero-order valence-electron chi connectivity index (χ0n) is 12.6. The Bertz CT molecular complexity index is 530. The summed E-state index contributed by atoms with van der Waals surface area (Å²) < 4.78 is 0. The topological polar surface area (TPSA) is 32.3 Å². The van der Waals surface area contributed by atoms with E-state index in [-0.39, 0.29) is 5.91 Å². The van der Waals surface area contributed by atoms with E-state index in [1.54, 1.807) is 0 Å². The van der Waals surface area contributed by atoms with E-state index in [2.05, 4.69) is 10.2 Å². The van der Waals surface area contributed by atoms with Crippen LogP contribution in [0.2, 0.25) is 5.02 Å². The van der Waals surface area contributed by atoms with Crippen LogP contribution in [0, 0.1) is 5.92 Å². The van der Waals surface area contributed by atoms with Gasteiger partial charge in [-0.1, -0.05) is 24.4 Å². The minimum atomic E-state index is 0.110. The lowest BCUT2D eigenvalue weighted by atomic mass is 9.78. The number of fused-ring (bicyclic) bond motifs is 1. The number of nitrogens with one attached hydrogen (secondary N) is 1. The number of piperidine rings is 1. The first-order valence-corrected chi connectivity index (χ1v) is 8.37. The highest BCUT2D eigenvalue weighted by Crippen LogP contribution is 2.36. The lowest BCUT2D eigenvalue weighted by Gasteiger charge is -2.44. The fourth-order valence-corrected chi connectivity index (χ4v) is 4.14. The first-order valence-electron chi connectivity index (χ1n) is 7.99. The number of carbonyl (C=O) groups excluding carboxylic acids is 1. The van der Waals surface area contributed by atoms with Crippen LogP contribution in [0.3, 0.4) is 0 Å². The van der Waals surface area contributed by atoms with Crippen molar-refractivity contribution >= 4 is 23.2 Å². The molecule has 3 nitrogen and oxygen atoms in total. The molecule has 3 rings (SSSR count). The smallest absolute Gasteiger partial charge is 0.255 e. The summed E-state index contributed by atoms with van der Waals surface area (Å²) in [4.78, 5) is 15.0. The third-order valence-corrected chi connectivity index (χ3v) is 5.30. The number of carbonyl (C=O) groups is 1. The third-order valence-electron chi connectivity index (χ3n) is 4.99. The van der Waals surface area contributed by atoms with Crippen LogP contribution < -0.4 is 5.32 Å². The molecule has 0 radical (unpaired) electrons. The highest BCUT2D eigenvalue weighted by atomic mass is 35.5. The molecule has 0 spiro atoms. The van der Waals surface area contributed by atoms with Crippen molar-refractivity contribution in [1.29, 1.82) is 0 Å². The predicted octanol–water partition coefficient (Wildman–Crippen LogP) is 4.18. The summed E-state index contributed by atoms with van der Waals surface area (Å²) in [7, 11) is 1.85. The molecular formula is C17H23ClN2O. The minimum absolute atomic E-state index is 0.110. The van der Waals surface area contributed by atoms with Crippen LogP contribution in [0.25, 0.3) is 0 Å². The Labute approximate surface area is 131 Å². The summed E-state index contributed by atoms with van der Waals surface area (Å²) in [5, 5.41) is 3.60. The molecule has 114 valence electrons. The van der Waals surface area contributed by atoms with Gasteiger partial charge < -0.3 is 10.2 Å². The quantitative estimate of drug-likeness (QED) is 0.889. The Balaban J connectivity index is 1.83. The summed E-state index contributed by atoms with van der Waals surface area (Å²) in [5.74, 6) is 0.811. The lowest BCUT2D eigenvalue weighted by Crippen LogP contribution is -2.49. The Morgan fingerprint density at radius 1 is 1.24 bits per heavy atom. The highest BCUT2D eigenvalue weighted by Gasteiger charge is 2.36. The SMILES string of the molecule is CNc1ccc(C(=O)N2CCC[C@@H]3CCCC[C@@H]32)c(Cl)c1. The second-order valence-corrected chi connectivity index (χ2v) is 6.60. The fraction of sp³-hybridized carbons (Fsp3) is 0.588. The molecule has 0 unspecified atom stereocenters. The van der Waals surface area contributed by atoms with Crippen molar-refractivity contribution in [1.82, 2.24) is 4.90 Å². The molecule has 2 atom stereocenters. The molecule has 1 amide bonds. The van der Waals surface area contributed by atoms with Crippen LogP contribution in [-0.2, 0) is 0 Å². The Kier molecular flexibility index (Phi) is 4.39. The van der Waals surface area contributed by atoms with E-state index >= 15 is 0 Å². The van der Waals surface area contributed by atoms with Crippen molar-refractivity contribution in [3.05, 3.63) is 28.8 Å². The van der Waals surface area contributed by atoms with Crippen molar-refractivity contribution < 1.29 is 4.79 Å². The lowest BCUT2D eigenvalue weighted by molar-refractivity contribution is 0.0391. The fourth-order valence-electron chi connectivity index (χ4n) is 3.88. The van der Waals surface area contributed by atoms with Gasteiger partial charge in [0.25, 0.3) is 5.91 Å². The van der Waals surface area contributed by atoms with Gasteiger partial charge in [-0.05, 0) is 49.8 Å². The van der Waals surface area contributed by atoms with Crippen molar-refractivity contribution in [2.45, 2.75) is 44.6 Å². The average molecular weight is 307 g/mol. The Morgan fingerprint density at radius 3 is 2.76 bits per heavy atom. The van der Waals surface area contributed by atoms with Gasteiger partial charge in [-0.3, -0.25) is 4.79 Å². The molecule has 0 aromatic heterocycles. The van der Waals surface area contributed by atoms with Crippen LogP contribution in [0.4, 0.5) is 5.69 Å². The number of likely N-dealkylation sites (tertiary alicyclic amines) is 1. The summed E-state index contributed by atoms with van der Waals surface area (Å²) in [6.07, 6.45) is 7.40. The normalized spacial score (nSPS) is 25.3. The molecule has 1 heterocycles. The van der Waals surface area contributed by atoms with Crippen molar-refractivity contribution in [3.63, 3.8) is 0 Å². The number of hydrogen-bond donors (Lipinski definition) is 1. The van der Waals surface area contributed by atoms with E-state index in [9.17, 15) is 4.79 Å². The second kappa shape index (κ2) is 6.27. The van der Waals surface area contributed by atoms with E-state index in [1.165, 1.54) is 25.7 Å². The maximum atomic E-state index is 12.9. The Hall–Kier alpha value is -1.22. The number of anilines is 1. The summed E-state index contributed by atoms with van der Waals surface area (Å²) >= 11 is 6.31. The summed E-state index contributed by atoms with van der Waals surface area (Å²) in [6, 6.07) is 6.03. The largest absolute Gasteiger partial charge is 0.388 e. The molecule has 1 N–H and O–H groups in total. The van der Waals surface area contributed by atoms with Crippen molar-refractivity contribution in [3.8, 4) is 0 Å². The van der Waals surface area contributed by atoms with Gasteiger partial charge in [-0.15, -0.1) is 0 Å². The molecule has 1 saturated heterocycles. The van der Waals surface area contributed by atoms with Gasteiger partial charge >= 0.3 is 0 Å². The van der Waals surface area contributed by atoms with Gasteiger partial charge in [0.2, 0.25) is 0 Å². The first kappa shape index (κ1) is 14.7. The van der Waals surface area contributed by atoms with E-state index in [0.717, 1.165) is 25.1 Å². The van der Waals surface area contributed by atoms with E-state index < -0.39 is 0 Å². The van der Waals surface area contributed by atoms with Crippen LogP contribution in [0.5, 0.6) is 0 Å². The van der Waals surface area contributed by atoms with Crippen LogP contribution in [0.15, 0.2) is 18.2 Å². The summed E-state index contributed by atoms with van der Waals surface area (Å²) in [6.45, 7) is 0.879. The second-order valence-electron chi connectivity index (χ2n) is 6.20. The van der Waals surface area contributed by atoms with Gasteiger partial charge in [-0.25, -0.2) is 0 Å². The van der Waals surface area contributed by atoms with Gasteiger partial charge in [0.15, 0.2) is 0 Å². The molecule has 1 saturated carbocycles. The first-order chi connectivity index (χ1) is 10.2. The monoisotopic (exact) mass is 306 g/mol. The Morgan fingerprint density at radius 2 is 2.00 bits per heavy atom. The molecule has 1 aromatic rings. The van der Waals surface area contributed by atoms with Gasteiger partial charge in [-0.2, -0.15) is 0 Å². The third kappa shape index (κ3) is 2.89. The van der Waals surface area contributed by atoms with Crippen molar-refractivity contribution in [2.24, 2.45) is 5.92 Å². The number of rotatable bonds is 2. The van der Waals surface area contributed by atoms with E-state index in [0.29, 0.717) is 22.5 Å². The number of benzene rings is 1. The molecule has 4 heteroatoms. The highest BCUT2D eigenvalue weighted by molar-refractivity contribution is 6.34. The zero-order chi connectivity index (χ0) is 14.8. The maximum absolute atomic E-state index is 12.9. The molecule has 2 aliphatic rings. The van der Waals surface area contributed by atoms with Crippen LogP contribution in [0.1, 0.15) is 48.9 Å². The molecule has 21 heavy (non-hydrogen) atoms. The standard InChI is InChI=1S/C17H23ClN2O/c1-19-13-8-9-14(15(18)11-13)17(21)20-10-4-6-12-5-2-3-7-16(12)20/h8-9,11-12,16,19H,2-7,10H2,1H3/t12-,16-/m0/s1. The molecule has 1 aliphatic heterocycles. The number of halogens is 1. The molecule has 0 bridgehead atoms. The number of amides is 1. The van der Waals surface area contributed by atoms with E-state index in [4.69, 9.17) is 11.6 Å².